The van der Waals surface area contributed by atoms with Gasteiger partial charge >= 0.3 is 0 Å². The van der Waals surface area contributed by atoms with E-state index >= 15 is 0 Å². The first-order valence-corrected chi connectivity index (χ1v) is 6.42. The van der Waals surface area contributed by atoms with Gasteiger partial charge in [-0.15, -0.1) is 0 Å². The van der Waals surface area contributed by atoms with Crippen molar-refractivity contribution in [3.05, 3.63) is 0 Å². The molecular weight excluding hydrogens is 172 g/mol. The highest BCUT2D eigenvalue weighted by atomic mass is 15.1. The molecule has 14 heavy (non-hydrogen) atoms. The second-order valence-electron chi connectivity index (χ2n) is 5.35. The molecule has 4 atom stereocenters. The lowest BCUT2D eigenvalue weighted by Gasteiger charge is -2.48. The molecule has 0 bridgehead atoms. The standard InChI is InChI=1S/C12H22N2/c1-2-5-10-9(4-1)8-14-11-6-3-7-13-12(10)11/h9-14H,1-8H2. The van der Waals surface area contributed by atoms with E-state index in [2.05, 4.69) is 10.6 Å². The van der Waals surface area contributed by atoms with Gasteiger partial charge in [0.1, 0.15) is 0 Å². The molecule has 2 aliphatic heterocycles. The first kappa shape index (κ1) is 9.17. The van der Waals surface area contributed by atoms with Gasteiger partial charge in [-0.2, -0.15) is 0 Å². The van der Waals surface area contributed by atoms with Crippen LogP contribution in [0.15, 0.2) is 0 Å². The van der Waals surface area contributed by atoms with Gasteiger partial charge in [-0.1, -0.05) is 12.8 Å². The first-order chi connectivity index (χ1) is 6.95. The van der Waals surface area contributed by atoms with E-state index in [-0.39, 0.29) is 0 Å². The fourth-order valence-electron chi connectivity index (χ4n) is 3.86. The fourth-order valence-corrected chi connectivity index (χ4v) is 3.86. The average molecular weight is 194 g/mol. The second kappa shape index (κ2) is 3.82. The Morgan fingerprint density at radius 3 is 2.79 bits per heavy atom. The Morgan fingerprint density at radius 2 is 1.79 bits per heavy atom. The summed E-state index contributed by atoms with van der Waals surface area (Å²) < 4.78 is 0. The normalized spacial score (nSPS) is 48.0. The zero-order valence-corrected chi connectivity index (χ0v) is 8.97. The summed E-state index contributed by atoms with van der Waals surface area (Å²) in [5.74, 6) is 1.98. The van der Waals surface area contributed by atoms with Crippen molar-refractivity contribution in [1.82, 2.24) is 10.6 Å². The Balaban J connectivity index is 1.74. The van der Waals surface area contributed by atoms with Crippen LogP contribution in [0.1, 0.15) is 38.5 Å². The molecule has 1 saturated carbocycles. The molecule has 80 valence electrons. The third-order valence-corrected chi connectivity index (χ3v) is 4.58. The summed E-state index contributed by atoms with van der Waals surface area (Å²) >= 11 is 0. The smallest absolute Gasteiger partial charge is 0.0252 e. The summed E-state index contributed by atoms with van der Waals surface area (Å²) in [5, 5.41) is 7.52. The van der Waals surface area contributed by atoms with E-state index in [1.54, 1.807) is 0 Å². The van der Waals surface area contributed by atoms with Crippen molar-refractivity contribution in [3.8, 4) is 0 Å². The van der Waals surface area contributed by atoms with Crippen molar-refractivity contribution in [2.45, 2.75) is 50.6 Å². The maximum Gasteiger partial charge on any atom is 0.0252 e. The van der Waals surface area contributed by atoms with Crippen molar-refractivity contribution in [2.75, 3.05) is 13.1 Å². The lowest BCUT2D eigenvalue weighted by Crippen LogP contribution is -2.62. The molecule has 3 rings (SSSR count). The average Bonchev–Trinajstić information content (AvgIpc) is 2.29. The lowest BCUT2D eigenvalue weighted by molar-refractivity contribution is 0.0880. The maximum absolute atomic E-state index is 3.76. The SMILES string of the molecule is C1CCC2C(C1)CNC1CCCNC12. The third kappa shape index (κ3) is 1.49. The van der Waals surface area contributed by atoms with Gasteiger partial charge in [-0.25, -0.2) is 0 Å². The van der Waals surface area contributed by atoms with Gasteiger partial charge in [-0.05, 0) is 50.6 Å². The van der Waals surface area contributed by atoms with Crippen molar-refractivity contribution < 1.29 is 0 Å². The molecule has 4 unspecified atom stereocenters. The summed E-state index contributed by atoms with van der Waals surface area (Å²) in [4.78, 5) is 0. The minimum atomic E-state index is 0.795. The Bertz CT molecular complexity index is 182. The van der Waals surface area contributed by atoms with Crippen LogP contribution in [0.25, 0.3) is 0 Å². The summed E-state index contributed by atoms with van der Waals surface area (Å²) in [6.07, 6.45) is 8.68. The van der Waals surface area contributed by atoms with Crippen LogP contribution in [0.2, 0.25) is 0 Å². The maximum atomic E-state index is 3.76. The Hall–Kier alpha value is -0.0800. The highest BCUT2D eigenvalue weighted by molar-refractivity contribution is 4.99. The zero-order chi connectivity index (χ0) is 9.38. The quantitative estimate of drug-likeness (QED) is 0.611. The van der Waals surface area contributed by atoms with Gasteiger partial charge in [-0.3, -0.25) is 0 Å². The topological polar surface area (TPSA) is 24.1 Å². The predicted molar refractivity (Wildman–Crippen MR) is 58.3 cm³/mol. The monoisotopic (exact) mass is 194 g/mol. The van der Waals surface area contributed by atoms with Crippen LogP contribution < -0.4 is 10.6 Å². The van der Waals surface area contributed by atoms with Gasteiger partial charge in [0.15, 0.2) is 0 Å². The molecule has 2 heteroatoms. The Kier molecular flexibility index (Phi) is 2.50. The minimum absolute atomic E-state index is 0.795. The molecule has 2 saturated heterocycles. The van der Waals surface area contributed by atoms with Crippen molar-refractivity contribution in [2.24, 2.45) is 11.8 Å². The van der Waals surface area contributed by atoms with Gasteiger partial charge in [0.2, 0.25) is 0 Å². The number of rotatable bonds is 0. The number of hydrogen-bond donors (Lipinski definition) is 2. The summed E-state index contributed by atoms with van der Waals surface area (Å²) in [6.45, 7) is 2.56. The van der Waals surface area contributed by atoms with E-state index < -0.39 is 0 Å². The molecule has 3 aliphatic rings. The third-order valence-electron chi connectivity index (χ3n) is 4.58. The van der Waals surface area contributed by atoms with Crippen molar-refractivity contribution >= 4 is 0 Å². The first-order valence-electron chi connectivity index (χ1n) is 6.42. The summed E-state index contributed by atoms with van der Waals surface area (Å²) in [7, 11) is 0. The van der Waals surface area contributed by atoms with Crippen LogP contribution in [0.3, 0.4) is 0 Å². The van der Waals surface area contributed by atoms with Crippen LogP contribution in [0.4, 0.5) is 0 Å². The molecule has 0 aromatic rings. The minimum Gasteiger partial charge on any atom is -0.312 e. The molecule has 2 heterocycles. The van der Waals surface area contributed by atoms with Crippen LogP contribution in [-0.4, -0.2) is 25.2 Å². The number of hydrogen-bond acceptors (Lipinski definition) is 2. The molecule has 0 amide bonds. The molecule has 0 aromatic heterocycles. The highest BCUT2D eigenvalue weighted by Gasteiger charge is 2.40. The van der Waals surface area contributed by atoms with E-state index in [1.165, 1.54) is 51.6 Å². The van der Waals surface area contributed by atoms with Gasteiger partial charge < -0.3 is 10.6 Å². The highest BCUT2D eigenvalue weighted by Crippen LogP contribution is 2.37. The zero-order valence-electron chi connectivity index (χ0n) is 8.97. The largest absolute Gasteiger partial charge is 0.312 e. The van der Waals surface area contributed by atoms with E-state index in [0.717, 1.165) is 23.9 Å². The number of nitrogens with one attached hydrogen (secondary N) is 2. The summed E-state index contributed by atoms with van der Waals surface area (Å²) in [6, 6.07) is 1.60. The van der Waals surface area contributed by atoms with E-state index in [1.807, 2.05) is 0 Å². The van der Waals surface area contributed by atoms with Gasteiger partial charge in [0.05, 0.1) is 0 Å². The molecule has 1 aliphatic carbocycles. The molecular formula is C12H22N2. The van der Waals surface area contributed by atoms with E-state index in [9.17, 15) is 0 Å². The van der Waals surface area contributed by atoms with E-state index in [0.29, 0.717) is 0 Å². The van der Waals surface area contributed by atoms with Crippen LogP contribution in [-0.2, 0) is 0 Å². The molecule has 2 nitrogen and oxygen atoms in total. The molecule has 0 spiro atoms. The molecule has 3 fully saturated rings. The van der Waals surface area contributed by atoms with E-state index in [4.69, 9.17) is 0 Å². The predicted octanol–water partition coefficient (Wildman–Crippen LogP) is 1.52. The summed E-state index contributed by atoms with van der Waals surface area (Å²) in [5.41, 5.74) is 0. The van der Waals surface area contributed by atoms with Crippen molar-refractivity contribution in [3.63, 3.8) is 0 Å². The van der Waals surface area contributed by atoms with Crippen LogP contribution in [0, 0.1) is 11.8 Å². The Labute approximate surface area is 86.8 Å². The second-order valence-corrected chi connectivity index (χ2v) is 5.35. The van der Waals surface area contributed by atoms with Gasteiger partial charge in [0.25, 0.3) is 0 Å². The molecule has 0 radical (unpaired) electrons. The molecule has 2 N–H and O–H groups in total. The van der Waals surface area contributed by atoms with Crippen LogP contribution >= 0.6 is 0 Å². The number of piperidine rings is 2. The van der Waals surface area contributed by atoms with Crippen molar-refractivity contribution in [1.29, 1.82) is 0 Å². The van der Waals surface area contributed by atoms with Gasteiger partial charge in [0, 0.05) is 12.1 Å². The van der Waals surface area contributed by atoms with Crippen LogP contribution in [0.5, 0.6) is 0 Å². The Morgan fingerprint density at radius 1 is 0.857 bits per heavy atom. The number of fused-ring (bicyclic) bond motifs is 3. The lowest BCUT2D eigenvalue weighted by atomic mass is 9.69. The fraction of sp³-hybridized carbons (Fsp3) is 1.00. The molecule has 0 aromatic carbocycles.